The third-order valence-electron chi connectivity index (χ3n) is 3.90. The molecule has 1 aromatic carbocycles. The lowest BCUT2D eigenvalue weighted by Gasteiger charge is -2.46. The van der Waals surface area contributed by atoms with Gasteiger partial charge in [-0.3, -0.25) is 4.90 Å². The van der Waals surface area contributed by atoms with E-state index >= 15 is 0 Å². The van der Waals surface area contributed by atoms with Crippen LogP contribution in [0, 0.1) is 0 Å². The SMILES string of the molecule is CCC1CN(Cc2ccc(Br)cc2)C(C)(C)CN1. The van der Waals surface area contributed by atoms with Gasteiger partial charge in [0.25, 0.3) is 0 Å². The second-order valence-electron chi connectivity index (χ2n) is 5.81. The molecule has 2 nitrogen and oxygen atoms in total. The average molecular weight is 311 g/mol. The van der Waals surface area contributed by atoms with Gasteiger partial charge in [0.05, 0.1) is 0 Å². The summed E-state index contributed by atoms with van der Waals surface area (Å²) in [7, 11) is 0. The van der Waals surface area contributed by atoms with Gasteiger partial charge >= 0.3 is 0 Å². The van der Waals surface area contributed by atoms with Gasteiger partial charge in [-0.25, -0.2) is 0 Å². The topological polar surface area (TPSA) is 15.3 Å². The monoisotopic (exact) mass is 310 g/mol. The minimum absolute atomic E-state index is 0.235. The minimum atomic E-state index is 0.235. The van der Waals surface area contributed by atoms with Crippen LogP contribution in [-0.2, 0) is 6.54 Å². The second-order valence-corrected chi connectivity index (χ2v) is 6.72. The summed E-state index contributed by atoms with van der Waals surface area (Å²) in [6.07, 6.45) is 1.20. The molecular weight excluding hydrogens is 288 g/mol. The van der Waals surface area contributed by atoms with E-state index in [0.29, 0.717) is 6.04 Å². The molecule has 3 heteroatoms. The van der Waals surface area contributed by atoms with E-state index in [-0.39, 0.29) is 5.54 Å². The van der Waals surface area contributed by atoms with E-state index in [4.69, 9.17) is 0 Å². The molecule has 0 aliphatic carbocycles. The summed E-state index contributed by atoms with van der Waals surface area (Å²) in [5, 5.41) is 3.63. The maximum atomic E-state index is 3.63. The van der Waals surface area contributed by atoms with Crippen molar-refractivity contribution in [3.63, 3.8) is 0 Å². The van der Waals surface area contributed by atoms with Gasteiger partial charge in [-0.15, -0.1) is 0 Å². The van der Waals surface area contributed by atoms with Crippen LogP contribution >= 0.6 is 15.9 Å². The molecule has 1 N–H and O–H groups in total. The van der Waals surface area contributed by atoms with Crippen molar-refractivity contribution in [2.45, 2.75) is 45.3 Å². The highest BCUT2D eigenvalue weighted by Crippen LogP contribution is 2.22. The molecule has 0 bridgehead atoms. The fraction of sp³-hybridized carbons (Fsp3) is 0.600. The van der Waals surface area contributed by atoms with Crippen molar-refractivity contribution in [1.29, 1.82) is 0 Å². The van der Waals surface area contributed by atoms with Crippen molar-refractivity contribution in [3.05, 3.63) is 34.3 Å². The maximum Gasteiger partial charge on any atom is 0.0281 e. The van der Waals surface area contributed by atoms with E-state index in [2.05, 4.69) is 71.2 Å². The number of piperazine rings is 1. The van der Waals surface area contributed by atoms with E-state index in [0.717, 1.165) is 24.1 Å². The summed E-state index contributed by atoms with van der Waals surface area (Å²) in [5.41, 5.74) is 1.63. The average Bonchev–Trinajstić information content (AvgIpc) is 2.34. The van der Waals surface area contributed by atoms with Crippen LogP contribution in [0.25, 0.3) is 0 Å². The second kappa shape index (κ2) is 5.72. The third kappa shape index (κ3) is 3.34. The van der Waals surface area contributed by atoms with E-state index in [1.807, 2.05) is 0 Å². The van der Waals surface area contributed by atoms with Crippen molar-refractivity contribution in [2.75, 3.05) is 13.1 Å². The van der Waals surface area contributed by atoms with Crippen molar-refractivity contribution in [2.24, 2.45) is 0 Å². The lowest BCUT2D eigenvalue weighted by Crippen LogP contribution is -2.61. The summed E-state index contributed by atoms with van der Waals surface area (Å²) in [5.74, 6) is 0. The standard InChI is InChI=1S/C15H23BrN2/c1-4-14-10-18(15(2,3)11-17-14)9-12-5-7-13(16)8-6-12/h5-8,14,17H,4,9-11H2,1-3H3. The molecule has 0 spiro atoms. The molecule has 18 heavy (non-hydrogen) atoms. The molecule has 2 rings (SSSR count). The van der Waals surface area contributed by atoms with Crippen LogP contribution in [0.3, 0.4) is 0 Å². The largest absolute Gasteiger partial charge is 0.311 e. The molecule has 0 radical (unpaired) electrons. The first-order valence-corrected chi connectivity index (χ1v) is 7.53. The van der Waals surface area contributed by atoms with Gasteiger partial charge in [-0.2, -0.15) is 0 Å². The summed E-state index contributed by atoms with van der Waals surface area (Å²) in [6.45, 7) is 10.2. The summed E-state index contributed by atoms with van der Waals surface area (Å²) in [4.78, 5) is 2.60. The van der Waals surface area contributed by atoms with Crippen LogP contribution < -0.4 is 5.32 Å². The van der Waals surface area contributed by atoms with E-state index in [1.165, 1.54) is 12.0 Å². The molecule has 100 valence electrons. The van der Waals surface area contributed by atoms with Gasteiger partial charge in [0.1, 0.15) is 0 Å². The van der Waals surface area contributed by atoms with Gasteiger partial charge in [0.15, 0.2) is 0 Å². The molecule has 1 fully saturated rings. The Morgan fingerprint density at radius 2 is 2.00 bits per heavy atom. The maximum absolute atomic E-state index is 3.63. The van der Waals surface area contributed by atoms with Crippen LogP contribution in [0.5, 0.6) is 0 Å². The summed E-state index contributed by atoms with van der Waals surface area (Å²) in [6, 6.07) is 9.31. The zero-order valence-corrected chi connectivity index (χ0v) is 13.1. The summed E-state index contributed by atoms with van der Waals surface area (Å²) < 4.78 is 1.15. The highest BCUT2D eigenvalue weighted by atomic mass is 79.9. The fourth-order valence-electron chi connectivity index (χ4n) is 2.45. The first-order chi connectivity index (χ1) is 8.51. The molecule has 1 aliphatic heterocycles. The van der Waals surface area contributed by atoms with Crippen LogP contribution in [0.4, 0.5) is 0 Å². The smallest absolute Gasteiger partial charge is 0.0281 e. The van der Waals surface area contributed by atoms with Gasteiger partial charge in [-0.1, -0.05) is 35.0 Å². The van der Waals surface area contributed by atoms with Gasteiger partial charge in [-0.05, 0) is 38.0 Å². The molecule has 1 aliphatic rings. The van der Waals surface area contributed by atoms with Crippen LogP contribution in [0.15, 0.2) is 28.7 Å². The molecular formula is C15H23BrN2. The number of benzene rings is 1. The Morgan fingerprint density at radius 3 is 2.61 bits per heavy atom. The first kappa shape index (κ1) is 14.0. The Morgan fingerprint density at radius 1 is 1.33 bits per heavy atom. The predicted octanol–water partition coefficient (Wildman–Crippen LogP) is 3.41. The van der Waals surface area contributed by atoms with E-state index in [1.54, 1.807) is 0 Å². The molecule has 0 aromatic heterocycles. The Kier molecular flexibility index (Phi) is 4.46. The quantitative estimate of drug-likeness (QED) is 0.920. The van der Waals surface area contributed by atoms with E-state index < -0.39 is 0 Å². The van der Waals surface area contributed by atoms with E-state index in [9.17, 15) is 0 Å². The van der Waals surface area contributed by atoms with Crippen molar-refractivity contribution >= 4 is 15.9 Å². The van der Waals surface area contributed by atoms with Crippen molar-refractivity contribution < 1.29 is 0 Å². The van der Waals surface area contributed by atoms with Gasteiger partial charge in [0.2, 0.25) is 0 Å². The Hall–Kier alpha value is -0.380. The van der Waals surface area contributed by atoms with Crippen LogP contribution in [0.2, 0.25) is 0 Å². The normalized spacial score (nSPS) is 24.1. The molecule has 0 saturated carbocycles. The number of hydrogen-bond acceptors (Lipinski definition) is 2. The Bertz CT molecular complexity index is 386. The van der Waals surface area contributed by atoms with Crippen molar-refractivity contribution in [3.8, 4) is 0 Å². The number of rotatable bonds is 3. The van der Waals surface area contributed by atoms with Crippen LogP contribution in [-0.4, -0.2) is 29.6 Å². The molecule has 1 saturated heterocycles. The molecule has 1 aromatic rings. The highest BCUT2D eigenvalue weighted by molar-refractivity contribution is 9.10. The summed E-state index contributed by atoms with van der Waals surface area (Å²) >= 11 is 3.49. The van der Waals surface area contributed by atoms with Crippen LogP contribution in [0.1, 0.15) is 32.8 Å². The van der Waals surface area contributed by atoms with Gasteiger partial charge in [0, 0.05) is 35.7 Å². The fourth-order valence-corrected chi connectivity index (χ4v) is 2.71. The number of nitrogens with one attached hydrogen (secondary N) is 1. The zero-order valence-electron chi connectivity index (χ0n) is 11.5. The number of halogens is 1. The Balaban J connectivity index is 2.07. The Labute approximate surface area is 119 Å². The highest BCUT2D eigenvalue weighted by Gasteiger charge is 2.32. The number of nitrogens with zero attached hydrogens (tertiary/aromatic N) is 1. The third-order valence-corrected chi connectivity index (χ3v) is 4.43. The van der Waals surface area contributed by atoms with Crippen molar-refractivity contribution in [1.82, 2.24) is 10.2 Å². The number of hydrogen-bond donors (Lipinski definition) is 1. The predicted molar refractivity (Wildman–Crippen MR) is 80.7 cm³/mol. The van der Waals surface area contributed by atoms with Gasteiger partial charge < -0.3 is 5.32 Å². The lowest BCUT2D eigenvalue weighted by molar-refractivity contribution is 0.0577. The first-order valence-electron chi connectivity index (χ1n) is 6.74. The zero-order chi connectivity index (χ0) is 13.2. The molecule has 0 amide bonds. The molecule has 1 atom stereocenters. The minimum Gasteiger partial charge on any atom is -0.311 e. The molecule has 1 heterocycles. The molecule has 1 unspecified atom stereocenters. The lowest BCUT2D eigenvalue weighted by atomic mass is 9.95.